The standard InChI is InChI=1S/C17H25N3OS/c1-11-18-13-9-12(7-8-14(13)22-11)19-15(21)20-17(5,6)10-16(2,3)4/h7-9H,10H2,1-6H3,(H2,19,20,21). The molecule has 120 valence electrons. The number of aryl methyl sites for hydroxylation is 1. The summed E-state index contributed by atoms with van der Waals surface area (Å²) in [5.74, 6) is 0. The van der Waals surface area contributed by atoms with Crippen LogP contribution in [0.25, 0.3) is 10.2 Å². The van der Waals surface area contributed by atoms with Crippen molar-refractivity contribution >= 4 is 33.3 Å². The zero-order valence-corrected chi connectivity index (χ0v) is 15.0. The highest BCUT2D eigenvalue weighted by molar-refractivity contribution is 7.18. The van der Waals surface area contributed by atoms with Crippen molar-refractivity contribution < 1.29 is 4.79 Å². The number of nitrogens with zero attached hydrogens (tertiary/aromatic N) is 1. The highest BCUT2D eigenvalue weighted by Crippen LogP contribution is 2.27. The zero-order chi connectivity index (χ0) is 16.5. The fourth-order valence-electron chi connectivity index (χ4n) is 2.96. The van der Waals surface area contributed by atoms with Gasteiger partial charge in [-0.2, -0.15) is 0 Å². The Bertz CT molecular complexity index is 683. The van der Waals surface area contributed by atoms with Gasteiger partial charge in [-0.25, -0.2) is 9.78 Å². The van der Waals surface area contributed by atoms with E-state index in [-0.39, 0.29) is 17.0 Å². The van der Waals surface area contributed by atoms with E-state index in [1.165, 1.54) is 0 Å². The second-order valence-electron chi connectivity index (χ2n) is 7.62. The van der Waals surface area contributed by atoms with E-state index in [2.05, 4.69) is 36.4 Å². The van der Waals surface area contributed by atoms with Gasteiger partial charge in [0.1, 0.15) is 0 Å². The van der Waals surface area contributed by atoms with Crippen LogP contribution in [0.3, 0.4) is 0 Å². The summed E-state index contributed by atoms with van der Waals surface area (Å²) in [6.45, 7) is 12.6. The summed E-state index contributed by atoms with van der Waals surface area (Å²) >= 11 is 1.66. The number of thiazole rings is 1. The Morgan fingerprint density at radius 2 is 1.91 bits per heavy atom. The van der Waals surface area contributed by atoms with Crippen LogP contribution in [-0.2, 0) is 0 Å². The second kappa shape index (κ2) is 5.88. The van der Waals surface area contributed by atoms with Crippen molar-refractivity contribution in [3.05, 3.63) is 23.2 Å². The Labute approximate surface area is 136 Å². The van der Waals surface area contributed by atoms with Crippen LogP contribution in [0.5, 0.6) is 0 Å². The summed E-state index contributed by atoms with van der Waals surface area (Å²) < 4.78 is 1.14. The maximum atomic E-state index is 12.2. The smallest absolute Gasteiger partial charge is 0.319 e. The lowest BCUT2D eigenvalue weighted by Gasteiger charge is -2.33. The van der Waals surface area contributed by atoms with E-state index in [1.807, 2.05) is 39.0 Å². The monoisotopic (exact) mass is 319 g/mol. The molecule has 0 aliphatic heterocycles. The normalized spacial score (nSPS) is 12.5. The molecule has 0 atom stereocenters. The SMILES string of the molecule is Cc1nc2cc(NC(=O)NC(C)(C)CC(C)(C)C)ccc2s1. The highest BCUT2D eigenvalue weighted by Gasteiger charge is 2.27. The van der Waals surface area contributed by atoms with Gasteiger partial charge in [-0.05, 0) is 50.8 Å². The largest absolute Gasteiger partial charge is 0.333 e. The molecule has 1 aromatic heterocycles. The molecule has 0 bridgehead atoms. The van der Waals surface area contributed by atoms with E-state index in [1.54, 1.807) is 11.3 Å². The van der Waals surface area contributed by atoms with Gasteiger partial charge in [0.05, 0.1) is 15.2 Å². The van der Waals surface area contributed by atoms with Gasteiger partial charge in [-0.3, -0.25) is 0 Å². The van der Waals surface area contributed by atoms with Gasteiger partial charge in [0.25, 0.3) is 0 Å². The number of anilines is 1. The number of rotatable bonds is 3. The molecule has 0 saturated carbocycles. The lowest BCUT2D eigenvalue weighted by atomic mass is 9.82. The molecule has 22 heavy (non-hydrogen) atoms. The summed E-state index contributed by atoms with van der Waals surface area (Å²) in [7, 11) is 0. The van der Waals surface area contributed by atoms with Crippen LogP contribution < -0.4 is 10.6 Å². The molecule has 0 radical (unpaired) electrons. The molecular formula is C17H25N3OS. The maximum absolute atomic E-state index is 12.2. The summed E-state index contributed by atoms with van der Waals surface area (Å²) in [5, 5.41) is 6.98. The first kappa shape index (κ1) is 16.7. The average Bonchev–Trinajstić information content (AvgIpc) is 2.63. The second-order valence-corrected chi connectivity index (χ2v) is 8.85. The Hall–Kier alpha value is -1.62. The lowest BCUT2D eigenvalue weighted by Crippen LogP contribution is -2.47. The van der Waals surface area contributed by atoms with Gasteiger partial charge in [-0.1, -0.05) is 20.8 Å². The van der Waals surface area contributed by atoms with Gasteiger partial charge in [-0.15, -0.1) is 11.3 Å². The molecule has 2 aromatic rings. The van der Waals surface area contributed by atoms with Crippen LogP contribution >= 0.6 is 11.3 Å². The van der Waals surface area contributed by atoms with Crippen LogP contribution in [-0.4, -0.2) is 16.6 Å². The van der Waals surface area contributed by atoms with Crippen LogP contribution in [0.4, 0.5) is 10.5 Å². The van der Waals surface area contributed by atoms with E-state index in [4.69, 9.17) is 0 Å². The molecule has 0 aliphatic rings. The van der Waals surface area contributed by atoms with Crippen molar-refractivity contribution in [2.45, 2.75) is 53.5 Å². The summed E-state index contributed by atoms with van der Waals surface area (Å²) in [6, 6.07) is 5.64. The topological polar surface area (TPSA) is 54.0 Å². The van der Waals surface area contributed by atoms with Crippen LogP contribution in [0.1, 0.15) is 46.0 Å². The molecule has 4 nitrogen and oxygen atoms in total. The van der Waals surface area contributed by atoms with Gasteiger partial charge < -0.3 is 10.6 Å². The number of hydrogen-bond donors (Lipinski definition) is 2. The minimum atomic E-state index is -0.260. The Balaban J connectivity index is 2.04. The van der Waals surface area contributed by atoms with Crippen molar-refractivity contribution in [2.75, 3.05) is 5.32 Å². The number of amides is 2. The van der Waals surface area contributed by atoms with Crippen LogP contribution in [0.2, 0.25) is 0 Å². The summed E-state index contributed by atoms with van der Waals surface area (Å²) in [4.78, 5) is 16.7. The Morgan fingerprint density at radius 1 is 1.23 bits per heavy atom. The van der Waals surface area contributed by atoms with Gasteiger partial charge in [0.15, 0.2) is 0 Å². The van der Waals surface area contributed by atoms with E-state index in [9.17, 15) is 4.79 Å². The molecule has 0 fully saturated rings. The molecule has 0 saturated heterocycles. The number of aromatic nitrogens is 1. The third kappa shape index (κ3) is 4.70. The van der Waals surface area contributed by atoms with E-state index in [0.717, 1.165) is 27.3 Å². The number of hydrogen-bond acceptors (Lipinski definition) is 3. The summed E-state index contributed by atoms with van der Waals surface area (Å²) in [5.41, 5.74) is 1.59. The molecule has 1 aromatic carbocycles. The summed E-state index contributed by atoms with van der Waals surface area (Å²) in [6.07, 6.45) is 0.901. The fourth-order valence-corrected chi connectivity index (χ4v) is 3.77. The number of benzene rings is 1. The molecule has 5 heteroatoms. The molecule has 0 aliphatic carbocycles. The van der Waals surface area contributed by atoms with E-state index >= 15 is 0 Å². The lowest BCUT2D eigenvalue weighted by molar-refractivity contribution is 0.220. The van der Waals surface area contributed by atoms with Gasteiger partial charge >= 0.3 is 6.03 Å². The van der Waals surface area contributed by atoms with Crippen molar-refractivity contribution in [2.24, 2.45) is 5.41 Å². The zero-order valence-electron chi connectivity index (χ0n) is 14.2. The molecule has 2 N–H and O–H groups in total. The first-order valence-corrected chi connectivity index (χ1v) is 8.32. The number of fused-ring (bicyclic) bond motifs is 1. The van der Waals surface area contributed by atoms with E-state index in [0.29, 0.717) is 0 Å². The predicted molar refractivity (Wildman–Crippen MR) is 94.7 cm³/mol. The Kier molecular flexibility index (Phi) is 4.47. The first-order valence-electron chi connectivity index (χ1n) is 7.50. The molecule has 2 amide bonds. The molecular weight excluding hydrogens is 294 g/mol. The van der Waals surface area contributed by atoms with Crippen molar-refractivity contribution in [1.82, 2.24) is 10.3 Å². The molecule has 0 unspecified atom stereocenters. The minimum Gasteiger partial charge on any atom is -0.333 e. The Morgan fingerprint density at radius 3 is 2.55 bits per heavy atom. The number of urea groups is 1. The third-order valence-electron chi connectivity index (χ3n) is 3.18. The van der Waals surface area contributed by atoms with Crippen LogP contribution in [0.15, 0.2) is 18.2 Å². The number of carbonyl (C=O) groups excluding carboxylic acids is 1. The quantitative estimate of drug-likeness (QED) is 0.841. The molecule has 2 rings (SSSR count). The first-order chi connectivity index (χ1) is 10.0. The van der Waals surface area contributed by atoms with Crippen molar-refractivity contribution in [3.8, 4) is 0 Å². The van der Waals surface area contributed by atoms with Crippen LogP contribution in [0, 0.1) is 12.3 Å². The number of carbonyl (C=O) groups is 1. The van der Waals surface area contributed by atoms with Gasteiger partial charge in [0, 0.05) is 11.2 Å². The van der Waals surface area contributed by atoms with Crippen molar-refractivity contribution in [3.63, 3.8) is 0 Å². The highest BCUT2D eigenvalue weighted by atomic mass is 32.1. The maximum Gasteiger partial charge on any atom is 0.319 e. The molecule has 1 heterocycles. The predicted octanol–water partition coefficient (Wildman–Crippen LogP) is 4.94. The third-order valence-corrected chi connectivity index (χ3v) is 4.13. The average molecular weight is 319 g/mol. The molecule has 0 spiro atoms. The van der Waals surface area contributed by atoms with Gasteiger partial charge in [0.2, 0.25) is 0 Å². The van der Waals surface area contributed by atoms with E-state index < -0.39 is 0 Å². The minimum absolute atomic E-state index is 0.161. The van der Waals surface area contributed by atoms with Crippen molar-refractivity contribution in [1.29, 1.82) is 0 Å². The fraction of sp³-hybridized carbons (Fsp3) is 0.529. The number of nitrogens with one attached hydrogen (secondary N) is 2.